The molecule has 3 heteroatoms. The third-order valence-electron chi connectivity index (χ3n) is 2.92. The summed E-state index contributed by atoms with van der Waals surface area (Å²) in [7, 11) is 0. The maximum Gasteiger partial charge on any atom is 0.00776 e. The molecular formula is C11H23NS2. The van der Waals surface area contributed by atoms with Crippen molar-refractivity contribution >= 4 is 23.5 Å². The molecule has 0 aliphatic heterocycles. The van der Waals surface area contributed by atoms with Gasteiger partial charge in [-0.05, 0) is 50.5 Å². The van der Waals surface area contributed by atoms with Gasteiger partial charge in [0.05, 0.1) is 0 Å². The molecule has 0 saturated heterocycles. The van der Waals surface area contributed by atoms with Crippen molar-refractivity contribution in [3.05, 3.63) is 0 Å². The van der Waals surface area contributed by atoms with E-state index in [-0.39, 0.29) is 0 Å². The Morgan fingerprint density at radius 1 is 1.29 bits per heavy atom. The molecule has 0 aromatic rings. The predicted molar refractivity (Wildman–Crippen MR) is 70.6 cm³/mol. The smallest absolute Gasteiger partial charge is 0.00776 e. The Balaban J connectivity index is 2.05. The van der Waals surface area contributed by atoms with Gasteiger partial charge in [-0.2, -0.15) is 23.5 Å². The molecule has 0 amide bonds. The van der Waals surface area contributed by atoms with E-state index in [2.05, 4.69) is 17.8 Å². The lowest BCUT2D eigenvalue weighted by molar-refractivity contribution is 0.382. The zero-order valence-electron chi connectivity index (χ0n) is 9.42. The molecule has 2 atom stereocenters. The van der Waals surface area contributed by atoms with Crippen LogP contribution in [0.4, 0.5) is 0 Å². The molecule has 0 heterocycles. The van der Waals surface area contributed by atoms with E-state index in [1.807, 2.05) is 23.5 Å². The van der Waals surface area contributed by atoms with Crippen LogP contribution in [0.5, 0.6) is 0 Å². The minimum atomic E-state index is 0.808. The lowest BCUT2D eigenvalue weighted by Gasteiger charge is -2.28. The van der Waals surface area contributed by atoms with Gasteiger partial charge in [0.15, 0.2) is 0 Å². The van der Waals surface area contributed by atoms with Gasteiger partial charge in [-0.15, -0.1) is 0 Å². The molecule has 1 N–H and O–H groups in total. The van der Waals surface area contributed by atoms with Crippen molar-refractivity contribution in [2.45, 2.75) is 43.4 Å². The second-order valence-corrected chi connectivity index (χ2v) is 6.15. The summed E-state index contributed by atoms with van der Waals surface area (Å²) in [4.78, 5) is 0. The average Bonchev–Trinajstić information content (AvgIpc) is 2.25. The first-order valence-electron chi connectivity index (χ1n) is 5.62. The summed E-state index contributed by atoms with van der Waals surface area (Å²) in [5, 5.41) is 4.61. The largest absolute Gasteiger partial charge is 0.314 e. The van der Waals surface area contributed by atoms with E-state index in [9.17, 15) is 0 Å². The Morgan fingerprint density at radius 3 is 2.86 bits per heavy atom. The van der Waals surface area contributed by atoms with Crippen LogP contribution < -0.4 is 5.32 Å². The zero-order valence-corrected chi connectivity index (χ0v) is 11.1. The van der Waals surface area contributed by atoms with Gasteiger partial charge < -0.3 is 5.32 Å². The van der Waals surface area contributed by atoms with Crippen molar-refractivity contribution in [1.82, 2.24) is 5.32 Å². The van der Waals surface area contributed by atoms with Gasteiger partial charge in [0, 0.05) is 11.3 Å². The molecule has 0 bridgehead atoms. The van der Waals surface area contributed by atoms with Gasteiger partial charge in [-0.3, -0.25) is 0 Å². The van der Waals surface area contributed by atoms with Gasteiger partial charge in [0.2, 0.25) is 0 Å². The Labute approximate surface area is 97.2 Å². The molecule has 84 valence electrons. The lowest BCUT2D eigenvalue weighted by Crippen LogP contribution is -2.35. The fourth-order valence-electron chi connectivity index (χ4n) is 2.07. The summed E-state index contributed by atoms with van der Waals surface area (Å²) >= 11 is 4.00. The van der Waals surface area contributed by atoms with E-state index in [0.29, 0.717) is 0 Å². The summed E-state index contributed by atoms with van der Waals surface area (Å²) in [6, 6.07) is 0.808. The second kappa shape index (κ2) is 7.89. The molecule has 0 spiro atoms. The Morgan fingerprint density at radius 2 is 2.14 bits per heavy atom. The molecule has 1 fully saturated rings. The van der Waals surface area contributed by atoms with Crippen LogP contribution in [0.3, 0.4) is 0 Å². The Bertz CT molecular complexity index is 141. The van der Waals surface area contributed by atoms with Crippen molar-refractivity contribution < 1.29 is 0 Å². The van der Waals surface area contributed by atoms with Gasteiger partial charge in [-0.1, -0.05) is 6.42 Å². The van der Waals surface area contributed by atoms with Crippen LogP contribution in [0.2, 0.25) is 0 Å². The van der Waals surface area contributed by atoms with Gasteiger partial charge in [0.1, 0.15) is 0 Å². The number of thioether (sulfide) groups is 2. The quantitative estimate of drug-likeness (QED) is 0.708. The number of nitrogens with one attached hydrogen (secondary N) is 1. The topological polar surface area (TPSA) is 12.0 Å². The molecule has 14 heavy (non-hydrogen) atoms. The van der Waals surface area contributed by atoms with Crippen LogP contribution in [0.25, 0.3) is 0 Å². The highest BCUT2D eigenvalue weighted by Crippen LogP contribution is 2.26. The van der Waals surface area contributed by atoms with Crippen LogP contribution in [0, 0.1) is 0 Å². The fraction of sp³-hybridized carbons (Fsp3) is 1.00. The van der Waals surface area contributed by atoms with Gasteiger partial charge in [0.25, 0.3) is 0 Å². The average molecular weight is 233 g/mol. The molecule has 2 unspecified atom stereocenters. The van der Waals surface area contributed by atoms with Crippen LogP contribution in [0.15, 0.2) is 0 Å². The number of hydrogen-bond acceptors (Lipinski definition) is 3. The molecule has 1 aliphatic carbocycles. The monoisotopic (exact) mass is 233 g/mol. The molecule has 0 radical (unpaired) electrons. The fourth-order valence-corrected chi connectivity index (χ4v) is 3.33. The standard InChI is InChI=1S/C11H23NS2/c1-13-8-4-7-12-10-5-3-6-11(9-10)14-2/h10-12H,3-9H2,1-2H3. The summed E-state index contributed by atoms with van der Waals surface area (Å²) in [5.41, 5.74) is 0. The first kappa shape index (κ1) is 12.7. The van der Waals surface area contributed by atoms with Crippen LogP contribution >= 0.6 is 23.5 Å². The molecule has 1 nitrogen and oxygen atoms in total. The predicted octanol–water partition coefficient (Wildman–Crippen LogP) is 3.00. The highest BCUT2D eigenvalue weighted by Gasteiger charge is 2.20. The van der Waals surface area contributed by atoms with Crippen molar-refractivity contribution in [2.24, 2.45) is 0 Å². The van der Waals surface area contributed by atoms with Crippen molar-refractivity contribution in [2.75, 3.05) is 24.8 Å². The number of rotatable bonds is 6. The molecule has 1 rings (SSSR count). The van der Waals surface area contributed by atoms with E-state index in [4.69, 9.17) is 0 Å². The second-order valence-electron chi connectivity index (χ2n) is 4.02. The van der Waals surface area contributed by atoms with E-state index in [1.54, 1.807) is 0 Å². The minimum Gasteiger partial charge on any atom is -0.314 e. The lowest BCUT2D eigenvalue weighted by atomic mass is 9.95. The molecule has 0 aromatic heterocycles. The maximum atomic E-state index is 3.69. The van der Waals surface area contributed by atoms with Crippen molar-refractivity contribution in [3.63, 3.8) is 0 Å². The van der Waals surface area contributed by atoms with Crippen molar-refractivity contribution in [1.29, 1.82) is 0 Å². The molecule has 1 saturated carbocycles. The van der Waals surface area contributed by atoms with E-state index in [0.717, 1.165) is 11.3 Å². The van der Waals surface area contributed by atoms with Gasteiger partial charge in [-0.25, -0.2) is 0 Å². The van der Waals surface area contributed by atoms with Crippen LogP contribution in [0.1, 0.15) is 32.1 Å². The SMILES string of the molecule is CSCCCNC1CCCC(SC)C1. The third kappa shape index (κ3) is 4.94. The van der Waals surface area contributed by atoms with Crippen LogP contribution in [-0.2, 0) is 0 Å². The third-order valence-corrected chi connectivity index (χ3v) is 4.71. The first-order valence-corrected chi connectivity index (χ1v) is 8.30. The van der Waals surface area contributed by atoms with Crippen LogP contribution in [-0.4, -0.2) is 36.1 Å². The number of hydrogen-bond donors (Lipinski definition) is 1. The molecule has 0 aromatic carbocycles. The Kier molecular flexibility index (Phi) is 7.17. The van der Waals surface area contributed by atoms with E-state index < -0.39 is 0 Å². The molecular weight excluding hydrogens is 210 g/mol. The highest BCUT2D eigenvalue weighted by atomic mass is 32.2. The minimum absolute atomic E-state index is 0.808. The maximum absolute atomic E-state index is 3.69. The normalized spacial score (nSPS) is 27.9. The van der Waals surface area contributed by atoms with E-state index >= 15 is 0 Å². The highest BCUT2D eigenvalue weighted by molar-refractivity contribution is 7.99. The summed E-state index contributed by atoms with van der Waals surface area (Å²) in [5.74, 6) is 1.30. The summed E-state index contributed by atoms with van der Waals surface area (Å²) in [6.07, 6.45) is 11.4. The van der Waals surface area contributed by atoms with Gasteiger partial charge >= 0.3 is 0 Å². The zero-order chi connectivity index (χ0) is 10.2. The summed E-state index contributed by atoms with van der Waals surface area (Å²) < 4.78 is 0. The Hall–Kier alpha value is 0.660. The van der Waals surface area contributed by atoms with E-state index in [1.165, 1.54) is 44.4 Å². The van der Waals surface area contributed by atoms with Crippen molar-refractivity contribution in [3.8, 4) is 0 Å². The summed E-state index contributed by atoms with van der Waals surface area (Å²) in [6.45, 7) is 1.21. The molecule has 1 aliphatic rings. The first-order chi connectivity index (χ1) is 6.86.